The number of benzene rings is 1. The van der Waals surface area contributed by atoms with Crippen LogP contribution in [0.25, 0.3) is 11.0 Å². The Morgan fingerprint density at radius 1 is 1.19 bits per heavy atom. The second-order valence-corrected chi connectivity index (χ2v) is 5.64. The molecular formula is C17H21N3O. The summed E-state index contributed by atoms with van der Waals surface area (Å²) in [5.74, 6) is 1.01. The van der Waals surface area contributed by atoms with Crippen LogP contribution in [0.1, 0.15) is 42.8 Å². The lowest BCUT2D eigenvalue weighted by Gasteiger charge is -2.18. The highest BCUT2D eigenvalue weighted by atomic mass is 16.3. The van der Waals surface area contributed by atoms with Gasteiger partial charge in [-0.25, -0.2) is 0 Å². The number of hydrogen-bond donors (Lipinski definition) is 1. The Balaban J connectivity index is 1.83. The molecule has 3 aromatic rings. The maximum absolute atomic E-state index is 6.02. The SMILES string of the molecule is Cc1c([C@@H](C)N[C@@H](C)c2cnn(C)c2)oc2ccccc12. The van der Waals surface area contributed by atoms with Crippen LogP contribution in [0.15, 0.2) is 41.1 Å². The fourth-order valence-electron chi connectivity index (χ4n) is 2.82. The third-order valence-electron chi connectivity index (χ3n) is 4.00. The number of aromatic nitrogens is 2. The highest BCUT2D eigenvalue weighted by Gasteiger charge is 2.19. The smallest absolute Gasteiger partial charge is 0.134 e. The van der Waals surface area contributed by atoms with Gasteiger partial charge in [-0.2, -0.15) is 5.10 Å². The highest BCUT2D eigenvalue weighted by molar-refractivity contribution is 5.82. The van der Waals surface area contributed by atoms with Crippen molar-refractivity contribution in [1.82, 2.24) is 15.1 Å². The predicted octanol–water partition coefficient (Wildman–Crippen LogP) is 3.89. The number of nitrogens with zero attached hydrogens (tertiary/aromatic N) is 2. The van der Waals surface area contributed by atoms with Gasteiger partial charge in [0, 0.05) is 30.2 Å². The van der Waals surface area contributed by atoms with Crippen LogP contribution < -0.4 is 5.32 Å². The quantitative estimate of drug-likeness (QED) is 0.790. The third-order valence-corrected chi connectivity index (χ3v) is 4.00. The van der Waals surface area contributed by atoms with Gasteiger partial charge in [0.05, 0.1) is 12.2 Å². The Kier molecular flexibility index (Phi) is 3.55. The molecule has 0 bridgehead atoms. The van der Waals surface area contributed by atoms with E-state index in [-0.39, 0.29) is 12.1 Å². The van der Waals surface area contributed by atoms with E-state index in [4.69, 9.17) is 4.42 Å². The van der Waals surface area contributed by atoms with E-state index >= 15 is 0 Å². The summed E-state index contributed by atoms with van der Waals surface area (Å²) in [4.78, 5) is 0. The van der Waals surface area contributed by atoms with Crippen molar-refractivity contribution in [2.24, 2.45) is 7.05 Å². The molecule has 21 heavy (non-hydrogen) atoms. The number of rotatable bonds is 4. The molecule has 0 saturated carbocycles. The molecule has 3 rings (SSSR count). The van der Waals surface area contributed by atoms with Gasteiger partial charge >= 0.3 is 0 Å². The number of fused-ring (bicyclic) bond motifs is 1. The standard InChI is InChI=1S/C17H21N3O/c1-11-15-7-5-6-8-16(15)21-17(11)13(3)19-12(2)14-9-18-20(4)10-14/h5-10,12-13,19H,1-4H3/t12-,13+/m0/s1. The van der Waals surface area contributed by atoms with Crippen LogP contribution in [0.5, 0.6) is 0 Å². The Labute approximate surface area is 124 Å². The molecule has 0 fully saturated rings. The normalized spacial score (nSPS) is 14.5. The highest BCUT2D eigenvalue weighted by Crippen LogP contribution is 2.30. The minimum absolute atomic E-state index is 0.146. The van der Waals surface area contributed by atoms with E-state index in [9.17, 15) is 0 Å². The van der Waals surface area contributed by atoms with Gasteiger partial charge in [-0.3, -0.25) is 4.68 Å². The molecule has 0 saturated heterocycles. The second-order valence-electron chi connectivity index (χ2n) is 5.64. The van der Waals surface area contributed by atoms with Crippen LogP contribution in [0.3, 0.4) is 0 Å². The lowest BCUT2D eigenvalue weighted by atomic mass is 10.1. The summed E-state index contributed by atoms with van der Waals surface area (Å²) < 4.78 is 7.84. The van der Waals surface area contributed by atoms with Gasteiger partial charge in [0.2, 0.25) is 0 Å². The van der Waals surface area contributed by atoms with Crippen LogP contribution in [-0.4, -0.2) is 9.78 Å². The molecule has 0 unspecified atom stereocenters. The van der Waals surface area contributed by atoms with Gasteiger partial charge in [0.1, 0.15) is 11.3 Å². The average molecular weight is 283 g/mol. The lowest BCUT2D eigenvalue weighted by Crippen LogP contribution is -2.22. The molecule has 2 heterocycles. The van der Waals surface area contributed by atoms with Crippen molar-refractivity contribution in [1.29, 1.82) is 0 Å². The monoisotopic (exact) mass is 283 g/mol. The van der Waals surface area contributed by atoms with Crippen molar-refractivity contribution in [2.75, 3.05) is 0 Å². The summed E-state index contributed by atoms with van der Waals surface area (Å²) in [5, 5.41) is 8.99. The van der Waals surface area contributed by atoms with Crippen molar-refractivity contribution in [3.63, 3.8) is 0 Å². The summed E-state index contributed by atoms with van der Waals surface area (Å²) >= 11 is 0. The molecule has 4 nitrogen and oxygen atoms in total. The van der Waals surface area contributed by atoms with Crippen LogP contribution in [-0.2, 0) is 7.05 Å². The van der Waals surface area contributed by atoms with Gasteiger partial charge in [-0.15, -0.1) is 0 Å². The summed E-state index contributed by atoms with van der Waals surface area (Å²) in [5.41, 5.74) is 3.34. The van der Waals surface area contributed by atoms with Gasteiger partial charge in [-0.1, -0.05) is 18.2 Å². The topological polar surface area (TPSA) is 43.0 Å². The van der Waals surface area contributed by atoms with E-state index in [0.717, 1.165) is 11.3 Å². The molecule has 1 aromatic carbocycles. The first-order chi connectivity index (χ1) is 10.1. The van der Waals surface area contributed by atoms with Gasteiger partial charge in [0.15, 0.2) is 0 Å². The summed E-state index contributed by atoms with van der Waals surface area (Å²) in [7, 11) is 1.93. The summed E-state index contributed by atoms with van der Waals surface area (Å²) in [6, 6.07) is 8.54. The molecule has 2 aromatic heterocycles. The number of furan rings is 1. The summed E-state index contributed by atoms with van der Waals surface area (Å²) in [6.07, 6.45) is 3.94. The number of nitrogens with one attached hydrogen (secondary N) is 1. The van der Waals surface area contributed by atoms with E-state index in [1.165, 1.54) is 16.5 Å². The van der Waals surface area contributed by atoms with Crippen molar-refractivity contribution in [3.05, 3.63) is 53.5 Å². The fraction of sp³-hybridized carbons (Fsp3) is 0.353. The average Bonchev–Trinajstić information content (AvgIpc) is 3.04. The maximum Gasteiger partial charge on any atom is 0.134 e. The van der Waals surface area contributed by atoms with Crippen molar-refractivity contribution in [3.8, 4) is 0 Å². The zero-order valence-electron chi connectivity index (χ0n) is 12.9. The Morgan fingerprint density at radius 3 is 2.62 bits per heavy atom. The molecule has 4 heteroatoms. The fourth-order valence-corrected chi connectivity index (χ4v) is 2.82. The van der Waals surface area contributed by atoms with Gasteiger partial charge in [-0.05, 0) is 32.4 Å². The third kappa shape index (κ3) is 2.59. The number of aryl methyl sites for hydroxylation is 2. The number of hydrogen-bond acceptors (Lipinski definition) is 3. The van der Waals surface area contributed by atoms with E-state index in [1.807, 2.05) is 42.3 Å². The zero-order chi connectivity index (χ0) is 15.0. The molecule has 0 aliphatic carbocycles. The minimum atomic E-state index is 0.146. The van der Waals surface area contributed by atoms with Crippen LogP contribution in [0.4, 0.5) is 0 Å². The summed E-state index contributed by atoms with van der Waals surface area (Å²) in [6.45, 7) is 6.40. The maximum atomic E-state index is 6.02. The minimum Gasteiger partial charge on any atom is -0.459 e. The molecule has 1 N–H and O–H groups in total. The van der Waals surface area contributed by atoms with Crippen molar-refractivity contribution < 1.29 is 4.42 Å². The number of para-hydroxylation sites is 1. The van der Waals surface area contributed by atoms with Crippen molar-refractivity contribution >= 4 is 11.0 Å². The molecule has 110 valence electrons. The second kappa shape index (κ2) is 5.37. The van der Waals surface area contributed by atoms with Crippen molar-refractivity contribution in [2.45, 2.75) is 32.9 Å². The van der Waals surface area contributed by atoms with E-state index in [1.54, 1.807) is 0 Å². The van der Waals surface area contributed by atoms with E-state index in [2.05, 4.69) is 37.3 Å². The molecule has 2 atom stereocenters. The first-order valence-electron chi connectivity index (χ1n) is 7.29. The first-order valence-corrected chi connectivity index (χ1v) is 7.29. The van der Waals surface area contributed by atoms with Crippen LogP contribution >= 0.6 is 0 Å². The lowest BCUT2D eigenvalue weighted by molar-refractivity contribution is 0.414. The largest absolute Gasteiger partial charge is 0.459 e. The molecule has 0 amide bonds. The Morgan fingerprint density at radius 2 is 1.95 bits per heavy atom. The van der Waals surface area contributed by atoms with Gasteiger partial charge in [0.25, 0.3) is 0 Å². The molecule has 0 spiro atoms. The molecular weight excluding hydrogens is 262 g/mol. The van der Waals surface area contributed by atoms with E-state index < -0.39 is 0 Å². The molecule has 0 radical (unpaired) electrons. The first kappa shape index (κ1) is 13.9. The predicted molar refractivity (Wildman–Crippen MR) is 84.1 cm³/mol. The van der Waals surface area contributed by atoms with Gasteiger partial charge < -0.3 is 9.73 Å². The van der Waals surface area contributed by atoms with Crippen LogP contribution in [0.2, 0.25) is 0 Å². The molecule has 0 aliphatic heterocycles. The van der Waals surface area contributed by atoms with E-state index in [0.29, 0.717) is 0 Å². The molecule has 0 aliphatic rings. The Hall–Kier alpha value is -2.07. The zero-order valence-corrected chi connectivity index (χ0v) is 12.9. The van der Waals surface area contributed by atoms with Crippen LogP contribution in [0, 0.1) is 6.92 Å². The Bertz CT molecular complexity index is 756.